The van der Waals surface area contributed by atoms with Crippen molar-refractivity contribution in [2.45, 2.75) is 39.5 Å². The van der Waals surface area contributed by atoms with Gasteiger partial charge in [-0.25, -0.2) is 4.98 Å². The molecule has 144 valence electrons. The molecule has 1 aliphatic heterocycles. The average molecular weight is 378 g/mol. The van der Waals surface area contributed by atoms with E-state index in [0.717, 1.165) is 17.8 Å². The smallest absolute Gasteiger partial charge is 0.259 e. The number of hydrogen-bond donors (Lipinski definition) is 1. The predicted octanol–water partition coefficient (Wildman–Crippen LogP) is 4.03. The Morgan fingerprint density at radius 1 is 1.29 bits per heavy atom. The summed E-state index contributed by atoms with van der Waals surface area (Å²) in [6, 6.07) is 9.14. The topological polar surface area (TPSA) is 88.3 Å². The van der Waals surface area contributed by atoms with Crippen LogP contribution < -0.4 is 10.2 Å². The summed E-state index contributed by atoms with van der Waals surface area (Å²) in [4.78, 5) is 31.3. The van der Waals surface area contributed by atoms with Crippen molar-refractivity contribution in [2.24, 2.45) is 0 Å². The Morgan fingerprint density at radius 3 is 2.82 bits per heavy atom. The first-order valence-electron chi connectivity index (χ1n) is 9.42. The van der Waals surface area contributed by atoms with E-state index in [4.69, 9.17) is 4.52 Å². The number of benzene rings is 1. The molecule has 2 amide bonds. The van der Waals surface area contributed by atoms with E-state index in [2.05, 4.69) is 15.5 Å². The summed E-state index contributed by atoms with van der Waals surface area (Å²) in [5.74, 6) is -0.00245. The van der Waals surface area contributed by atoms with Gasteiger partial charge in [0.2, 0.25) is 5.91 Å². The Labute approximate surface area is 162 Å². The van der Waals surface area contributed by atoms with Gasteiger partial charge >= 0.3 is 0 Å². The molecule has 0 unspecified atom stereocenters. The number of aromatic nitrogens is 2. The number of carbonyl (C=O) groups is 2. The highest BCUT2D eigenvalue weighted by Gasteiger charge is 2.23. The minimum Gasteiger partial charge on any atom is -0.336 e. The molecule has 28 heavy (non-hydrogen) atoms. The summed E-state index contributed by atoms with van der Waals surface area (Å²) in [5, 5.41) is 7.52. The van der Waals surface area contributed by atoms with Crippen molar-refractivity contribution >= 4 is 34.3 Å². The van der Waals surface area contributed by atoms with Crippen molar-refractivity contribution in [3.8, 4) is 0 Å². The number of amides is 2. The zero-order valence-corrected chi connectivity index (χ0v) is 16.2. The molecule has 2 aromatic heterocycles. The summed E-state index contributed by atoms with van der Waals surface area (Å²) in [5.41, 5.74) is 3.67. The van der Waals surface area contributed by atoms with E-state index in [-0.39, 0.29) is 17.7 Å². The quantitative estimate of drug-likeness (QED) is 0.740. The van der Waals surface area contributed by atoms with Gasteiger partial charge in [0.25, 0.3) is 11.6 Å². The lowest BCUT2D eigenvalue weighted by Crippen LogP contribution is -2.23. The van der Waals surface area contributed by atoms with Gasteiger partial charge in [-0.15, -0.1) is 0 Å². The van der Waals surface area contributed by atoms with Crippen LogP contribution in [-0.4, -0.2) is 28.5 Å². The molecule has 1 N–H and O–H groups in total. The molecular weight excluding hydrogens is 356 g/mol. The molecule has 0 spiro atoms. The fourth-order valence-electron chi connectivity index (χ4n) is 3.46. The maximum atomic E-state index is 13.1. The first-order valence-corrected chi connectivity index (χ1v) is 9.42. The maximum Gasteiger partial charge on any atom is 0.259 e. The second-order valence-electron chi connectivity index (χ2n) is 7.35. The lowest BCUT2D eigenvalue weighted by Gasteiger charge is -2.17. The maximum absolute atomic E-state index is 13.1. The normalized spacial score (nSPS) is 14.3. The molecular formula is C21H22N4O3. The molecule has 7 heteroatoms. The van der Waals surface area contributed by atoms with Crippen molar-refractivity contribution in [2.75, 3.05) is 16.8 Å². The molecule has 3 heterocycles. The molecule has 0 atom stereocenters. The lowest BCUT2D eigenvalue weighted by molar-refractivity contribution is -0.117. The summed E-state index contributed by atoms with van der Waals surface area (Å²) >= 11 is 0. The minimum absolute atomic E-state index is 0.112. The third kappa shape index (κ3) is 3.24. The third-order valence-electron chi connectivity index (χ3n) is 4.96. The Bertz CT molecular complexity index is 1070. The second kappa shape index (κ2) is 7.07. The van der Waals surface area contributed by atoms with E-state index in [1.807, 2.05) is 38.1 Å². The van der Waals surface area contributed by atoms with Gasteiger partial charge in [-0.05, 0) is 43.5 Å². The van der Waals surface area contributed by atoms with Crippen molar-refractivity contribution in [3.05, 3.63) is 47.3 Å². The van der Waals surface area contributed by atoms with Crippen LogP contribution in [0.5, 0.6) is 0 Å². The van der Waals surface area contributed by atoms with Crippen molar-refractivity contribution < 1.29 is 14.1 Å². The van der Waals surface area contributed by atoms with Crippen LogP contribution in [0.15, 0.2) is 34.9 Å². The van der Waals surface area contributed by atoms with Crippen LogP contribution in [0.25, 0.3) is 11.1 Å². The number of aryl methyl sites for hydroxylation is 1. The molecule has 0 radical (unpaired) electrons. The Balaban J connectivity index is 1.67. The minimum atomic E-state index is -0.259. The van der Waals surface area contributed by atoms with E-state index in [9.17, 15) is 9.59 Å². The van der Waals surface area contributed by atoms with E-state index >= 15 is 0 Å². The van der Waals surface area contributed by atoms with Crippen molar-refractivity contribution in [3.63, 3.8) is 0 Å². The molecule has 1 saturated heterocycles. The van der Waals surface area contributed by atoms with Crippen LogP contribution in [0.1, 0.15) is 54.4 Å². The average Bonchev–Trinajstić information content (AvgIpc) is 3.27. The summed E-state index contributed by atoms with van der Waals surface area (Å²) < 4.78 is 5.29. The van der Waals surface area contributed by atoms with Crippen molar-refractivity contribution in [1.29, 1.82) is 0 Å². The number of pyridine rings is 1. The fourth-order valence-corrected chi connectivity index (χ4v) is 3.46. The fraction of sp³-hybridized carbons (Fsp3) is 0.333. The molecule has 4 rings (SSSR count). The summed E-state index contributed by atoms with van der Waals surface area (Å²) in [6.45, 7) is 6.52. The van der Waals surface area contributed by atoms with Gasteiger partial charge in [0, 0.05) is 30.0 Å². The molecule has 1 fully saturated rings. The van der Waals surface area contributed by atoms with Crippen LogP contribution in [0, 0.1) is 6.92 Å². The van der Waals surface area contributed by atoms with Crippen LogP contribution in [0.2, 0.25) is 0 Å². The Morgan fingerprint density at radius 2 is 2.11 bits per heavy atom. The largest absolute Gasteiger partial charge is 0.336 e. The highest BCUT2D eigenvalue weighted by atomic mass is 16.5. The number of anilines is 2. The van der Waals surface area contributed by atoms with Gasteiger partial charge in [0.1, 0.15) is 0 Å². The van der Waals surface area contributed by atoms with E-state index in [0.29, 0.717) is 41.0 Å². The summed E-state index contributed by atoms with van der Waals surface area (Å²) in [7, 11) is 0. The van der Waals surface area contributed by atoms with Crippen LogP contribution in [0.4, 0.5) is 11.4 Å². The molecule has 0 saturated carbocycles. The lowest BCUT2D eigenvalue weighted by atomic mass is 10.0. The van der Waals surface area contributed by atoms with Crippen LogP contribution >= 0.6 is 0 Å². The van der Waals surface area contributed by atoms with Crippen molar-refractivity contribution in [1.82, 2.24) is 10.1 Å². The van der Waals surface area contributed by atoms with Gasteiger partial charge in [0.15, 0.2) is 0 Å². The van der Waals surface area contributed by atoms with E-state index < -0.39 is 0 Å². The molecule has 3 aromatic rings. The molecule has 1 aromatic carbocycles. The standard InChI is InChI=1S/C21H22N4O3/c1-12(2)17-11-16(19-13(3)24-28-21(19)23-17)20(27)22-14-6-4-7-15(10-14)25-9-5-8-18(25)26/h4,6-7,10-12H,5,8-9H2,1-3H3,(H,22,27). The van der Waals surface area contributed by atoms with Gasteiger partial charge in [-0.1, -0.05) is 25.1 Å². The number of nitrogens with one attached hydrogen (secondary N) is 1. The number of carbonyl (C=O) groups excluding carboxylic acids is 2. The zero-order valence-electron chi connectivity index (χ0n) is 16.2. The summed E-state index contributed by atoms with van der Waals surface area (Å²) in [6.07, 6.45) is 1.42. The van der Waals surface area contributed by atoms with Gasteiger partial charge < -0.3 is 14.7 Å². The van der Waals surface area contributed by atoms with E-state index in [1.54, 1.807) is 17.9 Å². The number of hydrogen-bond acceptors (Lipinski definition) is 5. The first kappa shape index (κ1) is 18.2. The highest BCUT2D eigenvalue weighted by Crippen LogP contribution is 2.27. The Hall–Kier alpha value is -3.22. The van der Waals surface area contributed by atoms with Crippen LogP contribution in [0.3, 0.4) is 0 Å². The van der Waals surface area contributed by atoms with Gasteiger partial charge in [0.05, 0.1) is 16.6 Å². The predicted molar refractivity (Wildman–Crippen MR) is 107 cm³/mol. The third-order valence-corrected chi connectivity index (χ3v) is 4.96. The number of rotatable bonds is 4. The number of nitrogens with zero attached hydrogens (tertiary/aromatic N) is 3. The SMILES string of the molecule is Cc1noc2nc(C(C)C)cc(C(=O)Nc3cccc(N4CCCC4=O)c3)c12. The van der Waals surface area contributed by atoms with E-state index in [1.165, 1.54) is 0 Å². The first-order chi connectivity index (χ1) is 13.4. The number of fused-ring (bicyclic) bond motifs is 1. The molecule has 0 aliphatic carbocycles. The van der Waals surface area contributed by atoms with Crippen LogP contribution in [-0.2, 0) is 4.79 Å². The second-order valence-corrected chi connectivity index (χ2v) is 7.35. The molecule has 1 aliphatic rings. The van der Waals surface area contributed by atoms with Gasteiger partial charge in [-0.3, -0.25) is 9.59 Å². The monoisotopic (exact) mass is 378 g/mol. The molecule has 0 bridgehead atoms. The Kier molecular flexibility index (Phi) is 4.58. The molecule has 7 nitrogen and oxygen atoms in total. The zero-order chi connectivity index (χ0) is 19.8. The highest BCUT2D eigenvalue weighted by molar-refractivity contribution is 6.12. The van der Waals surface area contributed by atoms with Gasteiger partial charge in [-0.2, -0.15) is 0 Å².